The second kappa shape index (κ2) is 4.91. The minimum Gasteiger partial charge on any atom is -0.299 e. The predicted molar refractivity (Wildman–Crippen MR) is 55.9 cm³/mol. The predicted octanol–water partition coefficient (Wildman–Crippen LogP) is 1.57. The zero-order valence-electron chi connectivity index (χ0n) is 8.66. The van der Waals surface area contributed by atoms with Gasteiger partial charge in [0.1, 0.15) is 15.6 Å². The second-order valence-corrected chi connectivity index (χ2v) is 6.30. The van der Waals surface area contributed by atoms with E-state index in [1.165, 1.54) is 0 Å². The Morgan fingerprint density at radius 1 is 1.36 bits per heavy atom. The molecule has 0 saturated heterocycles. The normalized spacial score (nSPS) is 22.9. The Kier molecular flexibility index (Phi) is 4.11. The van der Waals surface area contributed by atoms with E-state index in [1.807, 2.05) is 6.92 Å². The summed E-state index contributed by atoms with van der Waals surface area (Å²) in [6.45, 7) is 1.86. The van der Waals surface area contributed by atoms with Gasteiger partial charge in [-0.1, -0.05) is 6.92 Å². The van der Waals surface area contributed by atoms with Gasteiger partial charge in [-0.3, -0.25) is 4.79 Å². The van der Waals surface area contributed by atoms with Crippen LogP contribution in [0.3, 0.4) is 0 Å². The summed E-state index contributed by atoms with van der Waals surface area (Å²) in [6, 6.07) is 0. The van der Waals surface area contributed by atoms with Crippen LogP contribution < -0.4 is 0 Å². The minimum absolute atomic E-state index is 0.0293. The molecule has 3 nitrogen and oxygen atoms in total. The Bertz CT molecular complexity index is 292. The molecule has 1 rings (SSSR count). The van der Waals surface area contributed by atoms with Crippen molar-refractivity contribution in [1.29, 1.82) is 0 Å². The van der Waals surface area contributed by atoms with Crippen LogP contribution in [0.2, 0.25) is 0 Å². The molecular formula is C10H18O3S. The van der Waals surface area contributed by atoms with E-state index in [4.69, 9.17) is 0 Å². The Hall–Kier alpha value is -0.380. The summed E-state index contributed by atoms with van der Waals surface area (Å²) >= 11 is 0. The molecule has 0 N–H and O–H groups in total. The van der Waals surface area contributed by atoms with Crippen LogP contribution in [0.15, 0.2) is 0 Å². The third-order valence-electron chi connectivity index (χ3n) is 2.72. The summed E-state index contributed by atoms with van der Waals surface area (Å²) < 4.78 is 22.8. The van der Waals surface area contributed by atoms with Crippen LogP contribution in [0.5, 0.6) is 0 Å². The van der Waals surface area contributed by atoms with Crippen molar-refractivity contribution in [2.24, 2.45) is 5.92 Å². The number of hydrogen-bond acceptors (Lipinski definition) is 3. The lowest BCUT2D eigenvalue weighted by Gasteiger charge is -2.07. The van der Waals surface area contributed by atoms with Crippen molar-refractivity contribution >= 4 is 15.6 Å². The average Bonchev–Trinajstić information content (AvgIpc) is 2.48. The van der Waals surface area contributed by atoms with Gasteiger partial charge in [-0.05, 0) is 25.7 Å². The number of ketones is 1. The second-order valence-electron chi connectivity index (χ2n) is 4.00. The molecular weight excluding hydrogens is 200 g/mol. The average molecular weight is 218 g/mol. The van der Waals surface area contributed by atoms with Gasteiger partial charge < -0.3 is 0 Å². The topological polar surface area (TPSA) is 51.2 Å². The van der Waals surface area contributed by atoms with E-state index in [9.17, 15) is 13.2 Å². The van der Waals surface area contributed by atoms with Gasteiger partial charge in [0.25, 0.3) is 0 Å². The van der Waals surface area contributed by atoms with E-state index in [2.05, 4.69) is 0 Å². The maximum Gasteiger partial charge on any atom is 0.150 e. The quantitative estimate of drug-likeness (QED) is 0.704. The fourth-order valence-electron chi connectivity index (χ4n) is 1.93. The van der Waals surface area contributed by atoms with Crippen LogP contribution in [0.25, 0.3) is 0 Å². The van der Waals surface area contributed by atoms with Gasteiger partial charge in [-0.25, -0.2) is 8.42 Å². The molecule has 82 valence electrons. The van der Waals surface area contributed by atoms with Gasteiger partial charge >= 0.3 is 0 Å². The first-order chi connectivity index (χ1) is 6.55. The molecule has 0 aromatic rings. The number of sulfone groups is 1. The van der Waals surface area contributed by atoms with Gasteiger partial charge in [0.15, 0.2) is 0 Å². The van der Waals surface area contributed by atoms with E-state index < -0.39 is 9.84 Å². The van der Waals surface area contributed by atoms with Gasteiger partial charge in [0.2, 0.25) is 0 Å². The highest BCUT2D eigenvalue weighted by Crippen LogP contribution is 2.24. The lowest BCUT2D eigenvalue weighted by atomic mass is 10.1. The van der Waals surface area contributed by atoms with E-state index >= 15 is 0 Å². The Morgan fingerprint density at radius 3 is 2.57 bits per heavy atom. The summed E-state index contributed by atoms with van der Waals surface area (Å²) in [5.74, 6) is 0.740. The number of carbonyl (C=O) groups excluding carboxylic acids is 1. The molecule has 0 aromatic carbocycles. The zero-order chi connectivity index (χ0) is 10.6. The first-order valence-corrected chi connectivity index (χ1v) is 7.10. The van der Waals surface area contributed by atoms with E-state index in [1.54, 1.807) is 0 Å². The van der Waals surface area contributed by atoms with Crippen molar-refractivity contribution < 1.29 is 13.2 Å². The van der Waals surface area contributed by atoms with Crippen molar-refractivity contribution in [2.75, 3.05) is 11.5 Å². The van der Waals surface area contributed by atoms with E-state index in [0.29, 0.717) is 19.3 Å². The molecule has 0 aliphatic heterocycles. The van der Waals surface area contributed by atoms with E-state index in [-0.39, 0.29) is 23.2 Å². The summed E-state index contributed by atoms with van der Waals surface area (Å²) in [5, 5.41) is 0. The molecule has 0 amide bonds. The summed E-state index contributed by atoms with van der Waals surface area (Å²) in [4.78, 5) is 11.3. The van der Waals surface area contributed by atoms with Crippen LogP contribution >= 0.6 is 0 Å². The number of Topliss-reactive ketones (excluding diaryl/α,β-unsaturated/α-hetero) is 1. The van der Waals surface area contributed by atoms with Gasteiger partial charge in [-0.2, -0.15) is 0 Å². The van der Waals surface area contributed by atoms with Crippen LogP contribution in [0.4, 0.5) is 0 Å². The fourth-order valence-corrected chi connectivity index (χ4v) is 3.40. The molecule has 1 aliphatic rings. The molecule has 0 heterocycles. The van der Waals surface area contributed by atoms with Crippen molar-refractivity contribution in [2.45, 2.75) is 39.0 Å². The van der Waals surface area contributed by atoms with Crippen molar-refractivity contribution in [3.05, 3.63) is 0 Å². The molecule has 0 bridgehead atoms. The number of hydrogen-bond donors (Lipinski definition) is 0. The molecule has 0 aromatic heterocycles. The van der Waals surface area contributed by atoms with Crippen LogP contribution in [0.1, 0.15) is 39.0 Å². The Morgan fingerprint density at radius 2 is 2.07 bits per heavy atom. The summed E-state index contributed by atoms with van der Waals surface area (Å²) in [6.07, 6.45) is 3.69. The van der Waals surface area contributed by atoms with Crippen LogP contribution in [-0.2, 0) is 14.6 Å². The summed E-state index contributed by atoms with van der Waals surface area (Å²) in [5.41, 5.74) is 0. The van der Waals surface area contributed by atoms with E-state index in [0.717, 1.165) is 12.8 Å². The molecule has 0 spiro atoms. The number of carbonyl (C=O) groups is 1. The van der Waals surface area contributed by atoms with Gasteiger partial charge in [0, 0.05) is 18.1 Å². The zero-order valence-corrected chi connectivity index (χ0v) is 9.48. The monoisotopic (exact) mass is 218 g/mol. The number of rotatable bonds is 5. The molecule has 14 heavy (non-hydrogen) atoms. The van der Waals surface area contributed by atoms with Crippen molar-refractivity contribution in [3.8, 4) is 0 Å². The Labute approximate surface area is 85.8 Å². The molecule has 4 heteroatoms. The highest BCUT2D eigenvalue weighted by Gasteiger charge is 2.25. The lowest BCUT2D eigenvalue weighted by molar-refractivity contribution is -0.120. The molecule has 1 unspecified atom stereocenters. The molecule has 1 atom stereocenters. The third-order valence-corrected chi connectivity index (χ3v) is 4.61. The highest BCUT2D eigenvalue weighted by atomic mass is 32.2. The van der Waals surface area contributed by atoms with Crippen LogP contribution in [0, 0.1) is 5.92 Å². The highest BCUT2D eigenvalue weighted by molar-refractivity contribution is 7.91. The van der Waals surface area contributed by atoms with Gasteiger partial charge in [-0.15, -0.1) is 0 Å². The maximum atomic E-state index is 11.4. The standard InChI is InChI=1S/C10H18O3S/c1-2-7-14(12,13)8-6-9-4-3-5-10(9)11/h9H,2-8H2,1H3. The first kappa shape index (κ1) is 11.7. The maximum absolute atomic E-state index is 11.4. The minimum atomic E-state index is -2.89. The van der Waals surface area contributed by atoms with Crippen molar-refractivity contribution in [3.63, 3.8) is 0 Å². The largest absolute Gasteiger partial charge is 0.299 e. The lowest BCUT2D eigenvalue weighted by Crippen LogP contribution is -2.16. The molecule has 1 aliphatic carbocycles. The summed E-state index contributed by atoms with van der Waals surface area (Å²) in [7, 11) is -2.89. The smallest absolute Gasteiger partial charge is 0.150 e. The SMILES string of the molecule is CCCS(=O)(=O)CCC1CCCC1=O. The Balaban J connectivity index is 2.36. The van der Waals surface area contributed by atoms with Crippen LogP contribution in [-0.4, -0.2) is 25.7 Å². The van der Waals surface area contributed by atoms with Crippen molar-refractivity contribution in [1.82, 2.24) is 0 Å². The third kappa shape index (κ3) is 3.40. The molecule has 1 fully saturated rings. The van der Waals surface area contributed by atoms with Gasteiger partial charge in [0.05, 0.1) is 5.75 Å². The first-order valence-electron chi connectivity index (χ1n) is 5.28. The molecule has 1 saturated carbocycles. The fraction of sp³-hybridized carbons (Fsp3) is 0.900. The molecule has 0 radical (unpaired) electrons.